The lowest BCUT2D eigenvalue weighted by Gasteiger charge is -2.40. The molecule has 8 aromatic rings. The monoisotopic (exact) mass is 702 g/mol. The maximum absolute atomic E-state index is 2.67. The predicted octanol–water partition coefficient (Wildman–Crippen LogP) is 13.4. The number of benzene rings is 6. The van der Waals surface area contributed by atoms with Gasteiger partial charge in [0.05, 0.1) is 8.07 Å². The van der Waals surface area contributed by atoms with Crippen LogP contribution in [0.4, 0.5) is 0 Å². The molecule has 0 bridgehead atoms. The summed E-state index contributed by atoms with van der Waals surface area (Å²) in [5, 5.41) is 5.30. The van der Waals surface area contributed by atoms with Crippen LogP contribution in [-0.2, 0) is 14.1 Å². The zero-order valence-corrected chi connectivity index (χ0v) is 32.8. The Hall–Kier alpha value is -5.38. The van der Waals surface area contributed by atoms with Crippen LogP contribution < -0.4 is 0 Å². The average Bonchev–Trinajstić information content (AvgIpc) is 3.90. The first-order valence-electron chi connectivity index (χ1n) is 19.2. The van der Waals surface area contributed by atoms with E-state index in [9.17, 15) is 0 Å². The Kier molecular flexibility index (Phi) is 7.04. The van der Waals surface area contributed by atoms with Gasteiger partial charge < -0.3 is 9.13 Å². The molecule has 0 amide bonds. The molecular weight excluding hydrogens is 657 g/mol. The molecule has 2 unspecified atom stereocenters. The standard InChI is InChI=1S/C50H46N2Si/c1-30(2)40-29-42-35(33-23-25-48-44(28-33)37-15-9-11-21-46(37)52(48)5)17-13-19-39(42)50(40)53(6,7)49-31(3)26-41-34(16-12-18-38(41)49)32-22-24-47-43(27-32)36-14-8-10-20-45(36)51(47)4/h8-30,49-50H,1-7H3. The molecule has 2 aliphatic rings. The summed E-state index contributed by atoms with van der Waals surface area (Å²) in [6.07, 6.45) is 5.12. The van der Waals surface area contributed by atoms with Crippen LogP contribution in [0.15, 0.2) is 132 Å². The number of nitrogens with zero attached hydrogens (tertiary/aromatic N) is 2. The second-order valence-corrected chi connectivity index (χ2v) is 21.4. The second kappa shape index (κ2) is 11.6. The molecule has 2 heterocycles. The Morgan fingerprint density at radius 1 is 0.509 bits per heavy atom. The lowest BCUT2D eigenvalue weighted by atomic mass is 9.95. The summed E-state index contributed by atoms with van der Waals surface area (Å²) in [5.74, 6) is 0.469. The summed E-state index contributed by atoms with van der Waals surface area (Å²) in [6, 6.07) is 46.0. The molecule has 10 rings (SSSR count). The number of hydrogen-bond acceptors (Lipinski definition) is 0. The van der Waals surface area contributed by atoms with Crippen molar-refractivity contribution in [3.8, 4) is 22.3 Å². The average molecular weight is 703 g/mol. The van der Waals surface area contributed by atoms with Crippen molar-refractivity contribution in [1.29, 1.82) is 0 Å². The third-order valence-corrected chi connectivity index (χ3v) is 17.4. The second-order valence-electron chi connectivity index (χ2n) is 16.6. The van der Waals surface area contributed by atoms with Crippen molar-refractivity contribution in [3.63, 3.8) is 0 Å². The van der Waals surface area contributed by atoms with Crippen molar-refractivity contribution in [3.05, 3.63) is 155 Å². The van der Waals surface area contributed by atoms with Crippen molar-refractivity contribution in [2.45, 2.75) is 44.9 Å². The minimum absolute atomic E-state index is 0.438. The van der Waals surface area contributed by atoms with E-state index in [-0.39, 0.29) is 0 Å². The molecule has 0 spiro atoms. The first-order valence-corrected chi connectivity index (χ1v) is 22.4. The third kappa shape index (κ3) is 4.56. The fourth-order valence-corrected chi connectivity index (χ4v) is 15.6. The van der Waals surface area contributed by atoms with Gasteiger partial charge in [-0.2, -0.15) is 0 Å². The predicted molar refractivity (Wildman–Crippen MR) is 231 cm³/mol. The highest BCUT2D eigenvalue weighted by Gasteiger charge is 2.48. The Balaban J connectivity index is 1.08. The molecule has 2 aliphatic carbocycles. The van der Waals surface area contributed by atoms with Crippen LogP contribution >= 0.6 is 0 Å². The van der Waals surface area contributed by atoms with Gasteiger partial charge in [-0.15, -0.1) is 0 Å². The van der Waals surface area contributed by atoms with E-state index >= 15 is 0 Å². The normalized spacial score (nSPS) is 17.0. The van der Waals surface area contributed by atoms with Crippen LogP contribution in [-0.4, -0.2) is 17.2 Å². The van der Waals surface area contributed by atoms with Crippen molar-refractivity contribution in [2.75, 3.05) is 0 Å². The minimum Gasteiger partial charge on any atom is -0.344 e. The summed E-state index contributed by atoms with van der Waals surface area (Å²) >= 11 is 0. The van der Waals surface area contributed by atoms with E-state index in [1.54, 1.807) is 5.57 Å². The Labute approximate surface area is 313 Å². The Bertz CT molecular complexity index is 2890. The highest BCUT2D eigenvalue weighted by atomic mass is 28.3. The third-order valence-electron chi connectivity index (χ3n) is 13.0. The molecule has 0 fully saturated rings. The van der Waals surface area contributed by atoms with Crippen LogP contribution in [0.3, 0.4) is 0 Å². The smallest absolute Gasteiger partial charge is 0.0722 e. The topological polar surface area (TPSA) is 9.86 Å². The zero-order chi connectivity index (χ0) is 36.3. The Morgan fingerprint density at radius 3 is 1.51 bits per heavy atom. The van der Waals surface area contributed by atoms with Gasteiger partial charge in [-0.25, -0.2) is 0 Å². The van der Waals surface area contributed by atoms with Gasteiger partial charge in [0.25, 0.3) is 0 Å². The zero-order valence-electron chi connectivity index (χ0n) is 31.8. The van der Waals surface area contributed by atoms with Crippen molar-refractivity contribution in [1.82, 2.24) is 9.13 Å². The summed E-state index contributed by atoms with van der Waals surface area (Å²) in [7, 11) is 2.29. The molecular formula is C50H46N2Si. The van der Waals surface area contributed by atoms with Gasteiger partial charge in [0.2, 0.25) is 0 Å². The quantitative estimate of drug-likeness (QED) is 0.158. The van der Waals surface area contributed by atoms with Crippen molar-refractivity contribution < 1.29 is 0 Å². The van der Waals surface area contributed by atoms with Gasteiger partial charge in [0, 0.05) is 68.8 Å². The molecule has 2 nitrogen and oxygen atoms in total. The largest absolute Gasteiger partial charge is 0.344 e. The molecule has 0 saturated heterocycles. The number of fused-ring (bicyclic) bond motifs is 8. The number of para-hydroxylation sites is 2. The van der Waals surface area contributed by atoms with Gasteiger partial charge in [-0.05, 0) is 93.7 Å². The summed E-state index contributed by atoms with van der Waals surface area (Å²) in [4.78, 5) is 0. The van der Waals surface area contributed by atoms with Crippen LogP contribution in [0, 0.1) is 5.92 Å². The SMILES string of the molecule is CC1=Cc2c(-c3ccc4c(c3)c3ccccc3n4C)cccc2C1[Si](C)(C)C1C(C(C)C)=Cc2c(-c3ccc4c(c3)c3ccccc3n4C)cccc21. The molecule has 0 N–H and O–H groups in total. The lowest BCUT2D eigenvalue weighted by Crippen LogP contribution is -2.43. The number of hydrogen-bond donors (Lipinski definition) is 0. The van der Waals surface area contributed by atoms with Gasteiger partial charge in [0.1, 0.15) is 0 Å². The van der Waals surface area contributed by atoms with Crippen molar-refractivity contribution >= 4 is 63.8 Å². The van der Waals surface area contributed by atoms with E-state index in [1.165, 1.54) is 93.7 Å². The fourth-order valence-electron chi connectivity index (χ4n) is 10.6. The van der Waals surface area contributed by atoms with E-state index in [1.807, 2.05) is 0 Å². The van der Waals surface area contributed by atoms with E-state index in [4.69, 9.17) is 0 Å². The first kappa shape index (κ1) is 32.3. The number of aryl methyl sites for hydroxylation is 2. The Morgan fingerprint density at radius 2 is 0.981 bits per heavy atom. The molecule has 260 valence electrons. The van der Waals surface area contributed by atoms with E-state index in [2.05, 4.69) is 191 Å². The molecule has 6 aromatic carbocycles. The first-order chi connectivity index (χ1) is 25.6. The van der Waals surface area contributed by atoms with Gasteiger partial charge in [-0.3, -0.25) is 0 Å². The highest BCUT2D eigenvalue weighted by molar-refractivity contribution is 6.81. The van der Waals surface area contributed by atoms with E-state index < -0.39 is 8.07 Å². The van der Waals surface area contributed by atoms with Gasteiger partial charge in [-0.1, -0.05) is 135 Å². The summed E-state index contributed by atoms with van der Waals surface area (Å²) in [6.45, 7) is 12.6. The maximum atomic E-state index is 2.67. The maximum Gasteiger partial charge on any atom is 0.0722 e. The lowest BCUT2D eigenvalue weighted by molar-refractivity contribution is 0.731. The number of allylic oxidation sites excluding steroid dienone is 2. The van der Waals surface area contributed by atoms with Gasteiger partial charge in [0.15, 0.2) is 0 Å². The van der Waals surface area contributed by atoms with Crippen LogP contribution in [0.2, 0.25) is 13.1 Å². The van der Waals surface area contributed by atoms with Crippen LogP contribution in [0.5, 0.6) is 0 Å². The van der Waals surface area contributed by atoms with Crippen molar-refractivity contribution in [2.24, 2.45) is 20.0 Å². The van der Waals surface area contributed by atoms with Gasteiger partial charge >= 0.3 is 0 Å². The fraction of sp³-hybridized carbons (Fsp3) is 0.200. The summed E-state index contributed by atoms with van der Waals surface area (Å²) in [5.41, 5.74) is 20.3. The molecule has 2 atom stereocenters. The van der Waals surface area contributed by atoms with E-state index in [0.29, 0.717) is 17.0 Å². The molecule has 3 heteroatoms. The molecule has 0 saturated carbocycles. The summed E-state index contributed by atoms with van der Waals surface area (Å²) < 4.78 is 4.65. The highest BCUT2D eigenvalue weighted by Crippen LogP contribution is 2.56. The molecule has 53 heavy (non-hydrogen) atoms. The number of aromatic nitrogens is 2. The van der Waals surface area contributed by atoms with Crippen LogP contribution in [0.25, 0.3) is 78.0 Å². The minimum atomic E-state index is -2.07. The molecule has 0 aliphatic heterocycles. The van der Waals surface area contributed by atoms with Crippen LogP contribution in [0.1, 0.15) is 54.1 Å². The molecule has 0 radical (unpaired) electrons. The number of rotatable bonds is 5. The molecule has 2 aromatic heterocycles. The van der Waals surface area contributed by atoms with E-state index in [0.717, 1.165) is 0 Å².